The maximum Gasteiger partial charge on any atom is 0.325 e. The van der Waals surface area contributed by atoms with Crippen molar-refractivity contribution in [1.29, 1.82) is 0 Å². The third-order valence-corrected chi connectivity index (χ3v) is 5.48. The lowest BCUT2D eigenvalue weighted by molar-refractivity contribution is -0.144. The average Bonchev–Trinajstić information content (AvgIpc) is 2.54. The molecule has 1 aliphatic rings. The molecule has 24 heavy (non-hydrogen) atoms. The molecule has 5 nitrogen and oxygen atoms in total. The van der Waals surface area contributed by atoms with Crippen molar-refractivity contribution in [3.63, 3.8) is 0 Å². The zero-order chi connectivity index (χ0) is 17.3. The summed E-state index contributed by atoms with van der Waals surface area (Å²) in [6, 6.07) is 13.6. The highest BCUT2D eigenvalue weighted by Gasteiger charge is 2.32. The summed E-state index contributed by atoms with van der Waals surface area (Å²) in [6.07, 6.45) is 1.98. The Labute approximate surface area is 141 Å². The molecule has 126 valence electrons. The number of sulfone groups is 1. The summed E-state index contributed by atoms with van der Waals surface area (Å²) in [7, 11) is -3.22. The highest BCUT2D eigenvalue weighted by atomic mass is 32.2. The van der Waals surface area contributed by atoms with Crippen molar-refractivity contribution in [2.24, 2.45) is 0 Å². The van der Waals surface area contributed by atoms with E-state index < -0.39 is 21.8 Å². The standard InChI is InChI=1S/C18H19NO4S/c1-24(22,23)15-8-6-13(7-9-15)12-19-11-10-14-4-2-3-5-16(14)17(19)18(20)21/h2-9,17H,10-12H2,1H3,(H,20,21). The van der Waals surface area contributed by atoms with Gasteiger partial charge in [0, 0.05) is 19.3 Å². The predicted molar refractivity (Wildman–Crippen MR) is 90.5 cm³/mol. The van der Waals surface area contributed by atoms with Gasteiger partial charge in [-0.3, -0.25) is 9.69 Å². The molecule has 0 amide bonds. The number of carbonyl (C=O) groups is 1. The molecule has 0 bridgehead atoms. The fraction of sp³-hybridized carbons (Fsp3) is 0.278. The molecule has 0 saturated heterocycles. The molecule has 0 saturated carbocycles. The van der Waals surface area contributed by atoms with Gasteiger partial charge >= 0.3 is 5.97 Å². The van der Waals surface area contributed by atoms with E-state index in [1.165, 1.54) is 6.26 Å². The van der Waals surface area contributed by atoms with Gasteiger partial charge in [-0.15, -0.1) is 0 Å². The lowest BCUT2D eigenvalue weighted by Gasteiger charge is -2.34. The fourth-order valence-corrected chi connectivity index (χ4v) is 3.79. The van der Waals surface area contributed by atoms with E-state index in [2.05, 4.69) is 0 Å². The number of carboxylic acids is 1. The number of fused-ring (bicyclic) bond motifs is 1. The van der Waals surface area contributed by atoms with E-state index in [4.69, 9.17) is 0 Å². The van der Waals surface area contributed by atoms with Gasteiger partial charge in [-0.25, -0.2) is 8.42 Å². The summed E-state index contributed by atoms with van der Waals surface area (Å²) in [5, 5.41) is 9.66. The van der Waals surface area contributed by atoms with Crippen LogP contribution in [0.5, 0.6) is 0 Å². The van der Waals surface area contributed by atoms with E-state index in [0.717, 1.165) is 23.1 Å². The number of carboxylic acid groups (broad SMARTS) is 1. The third kappa shape index (κ3) is 3.34. The summed E-state index contributed by atoms with van der Waals surface area (Å²) in [5.74, 6) is -0.866. The Balaban J connectivity index is 1.86. The lowest BCUT2D eigenvalue weighted by Crippen LogP contribution is -2.39. The topological polar surface area (TPSA) is 74.7 Å². The maximum atomic E-state index is 11.8. The Kier molecular flexibility index (Phi) is 4.43. The van der Waals surface area contributed by atoms with E-state index in [0.29, 0.717) is 13.1 Å². The first kappa shape index (κ1) is 16.7. The lowest BCUT2D eigenvalue weighted by atomic mass is 9.92. The third-order valence-electron chi connectivity index (χ3n) is 4.35. The molecule has 2 aromatic rings. The summed E-state index contributed by atoms with van der Waals surface area (Å²) in [4.78, 5) is 14.0. The van der Waals surface area contributed by atoms with Crippen LogP contribution in [0.3, 0.4) is 0 Å². The molecule has 6 heteroatoms. The van der Waals surface area contributed by atoms with Crippen molar-refractivity contribution in [3.05, 3.63) is 65.2 Å². The van der Waals surface area contributed by atoms with Gasteiger partial charge in [-0.1, -0.05) is 36.4 Å². The zero-order valence-electron chi connectivity index (χ0n) is 13.3. The number of hydrogen-bond donors (Lipinski definition) is 1. The van der Waals surface area contributed by atoms with E-state index in [1.54, 1.807) is 24.3 Å². The van der Waals surface area contributed by atoms with Gasteiger partial charge in [0.1, 0.15) is 6.04 Å². The molecule has 0 spiro atoms. The molecule has 1 unspecified atom stereocenters. The SMILES string of the molecule is CS(=O)(=O)c1ccc(CN2CCc3ccccc3C2C(=O)O)cc1. The van der Waals surface area contributed by atoms with Crippen LogP contribution in [-0.2, 0) is 27.6 Å². The van der Waals surface area contributed by atoms with Crippen molar-refractivity contribution in [2.75, 3.05) is 12.8 Å². The number of hydrogen-bond acceptors (Lipinski definition) is 4. The van der Waals surface area contributed by atoms with Crippen LogP contribution in [-0.4, -0.2) is 37.2 Å². The minimum absolute atomic E-state index is 0.269. The van der Waals surface area contributed by atoms with Gasteiger partial charge in [0.25, 0.3) is 0 Å². The Morgan fingerprint density at radius 1 is 1.17 bits per heavy atom. The first-order valence-electron chi connectivity index (χ1n) is 7.70. The molecule has 0 aromatic heterocycles. The molecule has 2 aromatic carbocycles. The summed E-state index contributed by atoms with van der Waals surface area (Å²) >= 11 is 0. The van der Waals surface area contributed by atoms with Crippen molar-refractivity contribution in [3.8, 4) is 0 Å². The Hall–Kier alpha value is -2.18. The Bertz CT molecular complexity index is 859. The molecule has 1 atom stereocenters. The van der Waals surface area contributed by atoms with Crippen LogP contribution >= 0.6 is 0 Å². The average molecular weight is 345 g/mol. The monoisotopic (exact) mass is 345 g/mol. The molecule has 0 fully saturated rings. The van der Waals surface area contributed by atoms with Gasteiger partial charge in [0.2, 0.25) is 0 Å². The van der Waals surface area contributed by atoms with Crippen LogP contribution in [0.4, 0.5) is 0 Å². The predicted octanol–water partition coefficient (Wildman–Crippen LogP) is 2.27. The molecular formula is C18H19NO4S. The second-order valence-electron chi connectivity index (χ2n) is 6.08. The molecule has 0 aliphatic carbocycles. The fourth-order valence-electron chi connectivity index (χ4n) is 3.15. The largest absolute Gasteiger partial charge is 0.480 e. The quantitative estimate of drug-likeness (QED) is 0.920. The van der Waals surface area contributed by atoms with Crippen molar-refractivity contribution in [2.45, 2.75) is 23.9 Å². The number of nitrogens with zero attached hydrogens (tertiary/aromatic N) is 1. The van der Waals surface area contributed by atoms with Crippen LogP contribution in [0.15, 0.2) is 53.4 Å². The van der Waals surface area contributed by atoms with Crippen molar-refractivity contribution in [1.82, 2.24) is 4.90 Å². The molecule has 0 radical (unpaired) electrons. The van der Waals surface area contributed by atoms with Gasteiger partial charge in [0.05, 0.1) is 4.90 Å². The summed E-state index contributed by atoms with van der Waals surface area (Å²) in [6.45, 7) is 1.12. The van der Waals surface area contributed by atoms with Crippen LogP contribution in [0.1, 0.15) is 22.7 Å². The second kappa shape index (κ2) is 6.37. The Morgan fingerprint density at radius 2 is 1.83 bits per heavy atom. The first-order valence-corrected chi connectivity index (χ1v) is 9.59. The number of rotatable bonds is 4. The van der Waals surface area contributed by atoms with E-state index in [9.17, 15) is 18.3 Å². The number of benzene rings is 2. The summed E-state index contributed by atoms with van der Waals surface area (Å²) < 4.78 is 23.0. The minimum atomic E-state index is -3.22. The Morgan fingerprint density at radius 3 is 2.46 bits per heavy atom. The minimum Gasteiger partial charge on any atom is -0.480 e. The van der Waals surface area contributed by atoms with Crippen LogP contribution in [0.2, 0.25) is 0 Å². The van der Waals surface area contributed by atoms with Crippen molar-refractivity contribution >= 4 is 15.8 Å². The van der Waals surface area contributed by atoms with Gasteiger partial charge < -0.3 is 5.11 Å². The van der Waals surface area contributed by atoms with Gasteiger partial charge in [-0.2, -0.15) is 0 Å². The highest BCUT2D eigenvalue weighted by molar-refractivity contribution is 7.90. The molecule has 1 N–H and O–H groups in total. The van der Waals surface area contributed by atoms with Crippen LogP contribution in [0, 0.1) is 0 Å². The van der Waals surface area contributed by atoms with Crippen molar-refractivity contribution < 1.29 is 18.3 Å². The molecule has 1 heterocycles. The second-order valence-corrected chi connectivity index (χ2v) is 8.09. The zero-order valence-corrected chi connectivity index (χ0v) is 14.2. The van der Waals surface area contributed by atoms with Gasteiger partial charge in [0.15, 0.2) is 9.84 Å². The molecule has 1 aliphatic heterocycles. The summed E-state index contributed by atoms with van der Waals surface area (Å²) in [5.41, 5.74) is 2.81. The van der Waals surface area contributed by atoms with E-state index in [-0.39, 0.29) is 4.90 Å². The molecule has 3 rings (SSSR count). The van der Waals surface area contributed by atoms with Crippen LogP contribution < -0.4 is 0 Å². The van der Waals surface area contributed by atoms with Gasteiger partial charge in [-0.05, 0) is 35.2 Å². The normalized spacial score (nSPS) is 18.1. The smallest absolute Gasteiger partial charge is 0.325 e. The number of aliphatic carboxylic acids is 1. The highest BCUT2D eigenvalue weighted by Crippen LogP contribution is 2.31. The maximum absolute atomic E-state index is 11.8. The molecular weight excluding hydrogens is 326 g/mol. The van der Waals surface area contributed by atoms with E-state index >= 15 is 0 Å². The van der Waals surface area contributed by atoms with E-state index in [1.807, 2.05) is 29.2 Å². The van der Waals surface area contributed by atoms with Crippen LogP contribution in [0.25, 0.3) is 0 Å². The first-order chi connectivity index (χ1) is 11.4.